The Morgan fingerprint density at radius 3 is 2.53 bits per heavy atom. The van der Waals surface area contributed by atoms with Gasteiger partial charge in [-0.1, -0.05) is 23.7 Å². The van der Waals surface area contributed by atoms with E-state index >= 15 is 0 Å². The van der Waals surface area contributed by atoms with E-state index in [-0.39, 0.29) is 5.91 Å². The quantitative estimate of drug-likeness (QED) is 0.892. The van der Waals surface area contributed by atoms with Crippen molar-refractivity contribution in [1.29, 1.82) is 0 Å². The molecule has 0 aromatic heterocycles. The van der Waals surface area contributed by atoms with Crippen molar-refractivity contribution in [3.8, 4) is 0 Å². The third-order valence-corrected chi connectivity index (χ3v) is 3.70. The Bertz CT molecular complexity index is 519. The molecule has 0 radical (unpaired) electrons. The van der Waals surface area contributed by atoms with Crippen molar-refractivity contribution in [2.75, 3.05) is 32.8 Å². The molecule has 19 heavy (non-hydrogen) atoms. The summed E-state index contributed by atoms with van der Waals surface area (Å²) in [5, 5.41) is 3.60. The van der Waals surface area contributed by atoms with Gasteiger partial charge in [0, 0.05) is 30.2 Å². The monoisotopic (exact) mass is 278 g/mol. The van der Waals surface area contributed by atoms with Gasteiger partial charge in [-0.05, 0) is 17.7 Å². The third kappa shape index (κ3) is 2.46. The van der Waals surface area contributed by atoms with E-state index in [1.165, 1.54) is 0 Å². The molecule has 100 valence electrons. The number of halogens is 1. The molecule has 2 aliphatic heterocycles. The molecule has 4 nitrogen and oxygen atoms in total. The van der Waals surface area contributed by atoms with E-state index in [2.05, 4.69) is 10.2 Å². The highest BCUT2D eigenvalue weighted by Crippen LogP contribution is 2.26. The summed E-state index contributed by atoms with van der Waals surface area (Å²) in [4.78, 5) is 14.2. The molecule has 0 unspecified atom stereocenters. The van der Waals surface area contributed by atoms with E-state index in [1.807, 2.05) is 24.3 Å². The topological polar surface area (TPSA) is 41.6 Å². The van der Waals surface area contributed by atoms with E-state index in [1.54, 1.807) is 0 Å². The molecule has 3 rings (SSSR count). The van der Waals surface area contributed by atoms with Crippen molar-refractivity contribution in [2.24, 2.45) is 0 Å². The van der Waals surface area contributed by atoms with Crippen LogP contribution in [-0.2, 0) is 9.53 Å². The Balaban J connectivity index is 1.97. The molecule has 1 amide bonds. The molecule has 0 atom stereocenters. The predicted molar refractivity (Wildman–Crippen MR) is 73.8 cm³/mol. The maximum absolute atomic E-state index is 12.0. The zero-order chi connectivity index (χ0) is 13.2. The number of ether oxygens (including phenoxy) is 1. The molecule has 0 aliphatic carbocycles. The first-order valence-electron chi connectivity index (χ1n) is 6.35. The third-order valence-electron chi connectivity index (χ3n) is 3.45. The van der Waals surface area contributed by atoms with Crippen LogP contribution in [0.1, 0.15) is 5.56 Å². The Hall–Kier alpha value is -1.52. The molecule has 2 aliphatic rings. The van der Waals surface area contributed by atoms with Gasteiger partial charge in [-0.15, -0.1) is 0 Å². The van der Waals surface area contributed by atoms with Crippen LogP contribution in [-0.4, -0.2) is 43.7 Å². The fourth-order valence-corrected chi connectivity index (χ4v) is 2.61. The lowest BCUT2D eigenvalue weighted by atomic mass is 10.0. The SMILES string of the molecule is O=C1NCC(c2ccc(Cl)cc2)=C1N1CCOCC1. The zero-order valence-electron chi connectivity index (χ0n) is 10.5. The lowest BCUT2D eigenvalue weighted by Crippen LogP contribution is -2.38. The highest BCUT2D eigenvalue weighted by atomic mass is 35.5. The van der Waals surface area contributed by atoms with Gasteiger partial charge in [0.15, 0.2) is 0 Å². The van der Waals surface area contributed by atoms with Gasteiger partial charge in [0.1, 0.15) is 5.70 Å². The lowest BCUT2D eigenvalue weighted by Gasteiger charge is -2.29. The molecule has 1 N–H and O–H groups in total. The van der Waals surface area contributed by atoms with Crippen molar-refractivity contribution in [1.82, 2.24) is 10.2 Å². The first-order valence-corrected chi connectivity index (χ1v) is 6.73. The van der Waals surface area contributed by atoms with Gasteiger partial charge in [0.25, 0.3) is 5.91 Å². The summed E-state index contributed by atoms with van der Waals surface area (Å²) >= 11 is 5.91. The first kappa shape index (κ1) is 12.5. The van der Waals surface area contributed by atoms with E-state index in [4.69, 9.17) is 16.3 Å². The molecule has 0 spiro atoms. The van der Waals surface area contributed by atoms with Crippen LogP contribution >= 0.6 is 11.6 Å². The first-order chi connectivity index (χ1) is 9.25. The summed E-state index contributed by atoms with van der Waals surface area (Å²) in [6.45, 7) is 3.45. The number of benzene rings is 1. The van der Waals surface area contributed by atoms with E-state index in [9.17, 15) is 4.79 Å². The van der Waals surface area contributed by atoms with E-state index in [0.29, 0.717) is 24.8 Å². The Labute approximate surface area is 117 Å². The highest BCUT2D eigenvalue weighted by molar-refractivity contribution is 6.30. The smallest absolute Gasteiger partial charge is 0.268 e. The van der Waals surface area contributed by atoms with Crippen LogP contribution in [0.15, 0.2) is 30.0 Å². The minimum Gasteiger partial charge on any atom is -0.378 e. The average Bonchev–Trinajstić information content (AvgIpc) is 2.82. The largest absolute Gasteiger partial charge is 0.378 e. The van der Waals surface area contributed by atoms with Gasteiger partial charge in [-0.2, -0.15) is 0 Å². The lowest BCUT2D eigenvalue weighted by molar-refractivity contribution is -0.118. The van der Waals surface area contributed by atoms with Crippen molar-refractivity contribution in [3.05, 3.63) is 40.5 Å². The standard InChI is InChI=1S/C14H15ClN2O2/c15-11-3-1-10(2-4-11)12-9-16-14(18)13(12)17-5-7-19-8-6-17/h1-4H,5-9H2,(H,16,18). The second-order valence-corrected chi connectivity index (χ2v) is 5.05. The molecule has 1 aromatic rings. The van der Waals surface area contributed by atoms with Crippen LogP contribution in [0.5, 0.6) is 0 Å². The number of morpholine rings is 1. The Kier molecular flexibility index (Phi) is 3.44. The molecule has 0 bridgehead atoms. The summed E-state index contributed by atoms with van der Waals surface area (Å²) in [6.07, 6.45) is 0. The number of rotatable bonds is 2. The van der Waals surface area contributed by atoms with Gasteiger partial charge in [0.2, 0.25) is 0 Å². The number of nitrogens with zero attached hydrogens (tertiary/aromatic N) is 1. The number of nitrogens with one attached hydrogen (secondary N) is 1. The van der Waals surface area contributed by atoms with E-state index < -0.39 is 0 Å². The van der Waals surface area contributed by atoms with Gasteiger partial charge in [0.05, 0.1) is 13.2 Å². The average molecular weight is 279 g/mol. The summed E-state index contributed by atoms with van der Waals surface area (Å²) < 4.78 is 5.34. The van der Waals surface area contributed by atoms with E-state index in [0.717, 1.165) is 29.9 Å². The van der Waals surface area contributed by atoms with Crippen LogP contribution < -0.4 is 5.32 Å². The van der Waals surface area contributed by atoms with Crippen LogP contribution in [0.2, 0.25) is 5.02 Å². The summed E-state index contributed by atoms with van der Waals surface area (Å²) in [5.74, 6) is 0.00634. The van der Waals surface area contributed by atoms with Crippen LogP contribution in [0, 0.1) is 0 Å². The number of hydrogen-bond acceptors (Lipinski definition) is 3. The maximum atomic E-state index is 12.0. The summed E-state index contributed by atoms with van der Waals surface area (Å²) in [7, 11) is 0. The summed E-state index contributed by atoms with van der Waals surface area (Å²) in [6, 6.07) is 7.62. The number of hydrogen-bond donors (Lipinski definition) is 1. The van der Waals surface area contributed by atoms with Gasteiger partial charge < -0.3 is 15.0 Å². The summed E-state index contributed by atoms with van der Waals surface area (Å²) in [5.41, 5.74) is 2.87. The van der Waals surface area contributed by atoms with Crippen molar-refractivity contribution < 1.29 is 9.53 Å². The van der Waals surface area contributed by atoms with Crippen LogP contribution in [0.25, 0.3) is 5.57 Å². The second kappa shape index (κ2) is 5.23. The molecule has 1 fully saturated rings. The van der Waals surface area contributed by atoms with Crippen molar-refractivity contribution in [2.45, 2.75) is 0 Å². The second-order valence-electron chi connectivity index (χ2n) is 4.62. The maximum Gasteiger partial charge on any atom is 0.268 e. The number of carbonyl (C=O) groups excluding carboxylic acids is 1. The van der Waals surface area contributed by atoms with Gasteiger partial charge in [-0.3, -0.25) is 4.79 Å². The normalized spacial score (nSPS) is 19.8. The fraction of sp³-hybridized carbons (Fsp3) is 0.357. The van der Waals surface area contributed by atoms with Gasteiger partial charge in [-0.25, -0.2) is 0 Å². The Morgan fingerprint density at radius 1 is 1.16 bits per heavy atom. The minimum absolute atomic E-state index is 0.00634. The molecule has 1 aromatic carbocycles. The molecule has 0 saturated carbocycles. The van der Waals surface area contributed by atoms with Crippen molar-refractivity contribution >= 4 is 23.1 Å². The zero-order valence-corrected chi connectivity index (χ0v) is 11.2. The molecule has 5 heteroatoms. The molecular weight excluding hydrogens is 264 g/mol. The number of amides is 1. The highest BCUT2D eigenvalue weighted by Gasteiger charge is 2.29. The molecule has 2 heterocycles. The van der Waals surface area contributed by atoms with Crippen molar-refractivity contribution in [3.63, 3.8) is 0 Å². The number of carbonyl (C=O) groups is 1. The fourth-order valence-electron chi connectivity index (χ4n) is 2.48. The Morgan fingerprint density at radius 2 is 1.84 bits per heavy atom. The van der Waals surface area contributed by atoms with Crippen LogP contribution in [0.3, 0.4) is 0 Å². The minimum atomic E-state index is 0.00634. The molecular formula is C14H15ClN2O2. The predicted octanol–water partition coefficient (Wildman–Crippen LogP) is 1.51. The van der Waals surface area contributed by atoms with Gasteiger partial charge >= 0.3 is 0 Å². The molecule has 1 saturated heterocycles. The van der Waals surface area contributed by atoms with Crippen LogP contribution in [0.4, 0.5) is 0 Å².